The van der Waals surface area contributed by atoms with E-state index in [4.69, 9.17) is 32.7 Å². The van der Waals surface area contributed by atoms with Gasteiger partial charge in [-0.1, -0.05) is 23.2 Å². The minimum Gasteiger partial charge on any atom is -0.487 e. The van der Waals surface area contributed by atoms with E-state index in [0.717, 1.165) is 19.5 Å². The van der Waals surface area contributed by atoms with Gasteiger partial charge in [-0.15, -0.1) is 0 Å². The van der Waals surface area contributed by atoms with E-state index in [1.807, 2.05) is 0 Å². The lowest BCUT2D eigenvalue weighted by Crippen LogP contribution is -2.59. The van der Waals surface area contributed by atoms with Gasteiger partial charge in [0.25, 0.3) is 0 Å². The molecule has 10 heteroatoms. The van der Waals surface area contributed by atoms with Gasteiger partial charge in [-0.05, 0) is 24.6 Å². The third kappa shape index (κ3) is 3.92. The molecule has 3 N–H and O–H groups in total. The number of hydrogen-bond donors (Lipinski definition) is 3. The molecule has 2 bridgehead atoms. The average molecular weight is 479 g/mol. The summed E-state index contributed by atoms with van der Waals surface area (Å²) in [6.07, 6.45) is 2.61. The molecule has 0 amide bonds. The van der Waals surface area contributed by atoms with Crippen molar-refractivity contribution < 1.29 is 19.0 Å². The summed E-state index contributed by atoms with van der Waals surface area (Å²) in [6.45, 7) is 1.86. The Balaban J connectivity index is 1.52. The van der Waals surface area contributed by atoms with Crippen LogP contribution in [-0.2, 0) is 0 Å². The summed E-state index contributed by atoms with van der Waals surface area (Å²) in [5.74, 6) is 1.66. The summed E-state index contributed by atoms with van der Waals surface area (Å²) in [6, 6.07) is 6.54. The molecule has 5 rings (SSSR count). The van der Waals surface area contributed by atoms with Gasteiger partial charge < -0.3 is 25.2 Å². The number of halogens is 3. The molecule has 7 nitrogen and oxygen atoms in total. The lowest BCUT2D eigenvalue weighted by atomic mass is 9.69. The minimum absolute atomic E-state index is 0.0960. The highest BCUT2D eigenvalue weighted by Gasteiger charge is 2.45. The summed E-state index contributed by atoms with van der Waals surface area (Å²) in [4.78, 5) is 8.61. The predicted molar refractivity (Wildman–Crippen MR) is 121 cm³/mol. The number of rotatable bonds is 7. The quantitative estimate of drug-likeness (QED) is 0.439. The van der Waals surface area contributed by atoms with E-state index in [9.17, 15) is 9.50 Å². The van der Waals surface area contributed by atoms with E-state index in [1.165, 1.54) is 18.5 Å². The average Bonchev–Trinajstić information content (AvgIpc) is 2.82. The van der Waals surface area contributed by atoms with Crippen molar-refractivity contribution in [3.8, 4) is 11.5 Å². The van der Waals surface area contributed by atoms with Gasteiger partial charge in [-0.3, -0.25) is 0 Å². The Labute approximate surface area is 193 Å². The highest BCUT2D eigenvalue weighted by Crippen LogP contribution is 2.43. The number of anilines is 2. The van der Waals surface area contributed by atoms with E-state index < -0.39 is 5.82 Å². The molecule has 0 unspecified atom stereocenters. The fourth-order valence-corrected chi connectivity index (χ4v) is 4.62. The second-order valence-corrected chi connectivity index (χ2v) is 8.74. The zero-order valence-corrected chi connectivity index (χ0v) is 18.5. The molecule has 32 heavy (non-hydrogen) atoms. The summed E-state index contributed by atoms with van der Waals surface area (Å²) < 4.78 is 26.7. The van der Waals surface area contributed by atoms with Crippen molar-refractivity contribution in [1.29, 1.82) is 0 Å². The van der Waals surface area contributed by atoms with Gasteiger partial charge in [0.05, 0.1) is 27.9 Å². The van der Waals surface area contributed by atoms with Gasteiger partial charge in [0.1, 0.15) is 24.9 Å². The van der Waals surface area contributed by atoms with Gasteiger partial charge in [-0.25, -0.2) is 14.4 Å². The highest BCUT2D eigenvalue weighted by atomic mass is 35.5. The van der Waals surface area contributed by atoms with Gasteiger partial charge >= 0.3 is 0 Å². The fourth-order valence-electron chi connectivity index (χ4n) is 4.31. The Morgan fingerprint density at radius 3 is 2.72 bits per heavy atom. The number of ether oxygens (including phenoxy) is 2. The van der Waals surface area contributed by atoms with Crippen molar-refractivity contribution in [2.24, 2.45) is 11.8 Å². The molecule has 0 spiro atoms. The molecular weight excluding hydrogens is 458 g/mol. The van der Waals surface area contributed by atoms with Crippen molar-refractivity contribution in [2.45, 2.75) is 12.5 Å². The Morgan fingerprint density at radius 1 is 1.16 bits per heavy atom. The molecule has 3 atom stereocenters. The molecule has 2 fully saturated rings. The lowest BCUT2D eigenvalue weighted by molar-refractivity contribution is -0.0459. The first kappa shape index (κ1) is 21.5. The summed E-state index contributed by atoms with van der Waals surface area (Å²) in [5.41, 5.74) is 0.723. The third-order valence-corrected chi connectivity index (χ3v) is 6.73. The van der Waals surface area contributed by atoms with Crippen LogP contribution in [0, 0.1) is 17.7 Å². The molecule has 2 heterocycles. The number of aromatic nitrogens is 2. The van der Waals surface area contributed by atoms with Crippen LogP contribution >= 0.6 is 23.2 Å². The molecule has 1 aliphatic carbocycles. The lowest BCUT2D eigenvalue weighted by Gasteiger charge is -2.49. The first-order valence-corrected chi connectivity index (χ1v) is 11.1. The van der Waals surface area contributed by atoms with Crippen molar-refractivity contribution in [3.05, 3.63) is 46.5 Å². The van der Waals surface area contributed by atoms with Crippen molar-refractivity contribution in [3.63, 3.8) is 0 Å². The van der Waals surface area contributed by atoms with Gasteiger partial charge in [-0.2, -0.15) is 0 Å². The van der Waals surface area contributed by atoms with E-state index in [-0.39, 0.29) is 35.1 Å². The fraction of sp³-hybridized carbons (Fsp3) is 0.364. The van der Waals surface area contributed by atoms with E-state index in [1.54, 1.807) is 12.1 Å². The number of nitrogens with zero attached hydrogens (tertiary/aromatic N) is 2. The van der Waals surface area contributed by atoms with Gasteiger partial charge in [0.2, 0.25) is 0 Å². The number of benzene rings is 2. The minimum atomic E-state index is -0.667. The number of hydrogen-bond acceptors (Lipinski definition) is 7. The van der Waals surface area contributed by atoms with Crippen LogP contribution in [0.25, 0.3) is 10.9 Å². The molecule has 1 aromatic heterocycles. The second kappa shape index (κ2) is 8.86. The van der Waals surface area contributed by atoms with Crippen molar-refractivity contribution in [1.82, 2.24) is 15.3 Å². The molecule has 1 aliphatic heterocycles. The maximum Gasteiger partial charge on any atom is 0.166 e. The normalized spacial score (nSPS) is 21.8. The summed E-state index contributed by atoms with van der Waals surface area (Å²) >= 11 is 11.8. The molecule has 3 aromatic rings. The highest BCUT2D eigenvalue weighted by molar-refractivity contribution is 6.42. The van der Waals surface area contributed by atoms with Crippen LogP contribution < -0.4 is 20.1 Å². The van der Waals surface area contributed by atoms with Crippen LogP contribution in [-0.4, -0.2) is 47.5 Å². The van der Waals surface area contributed by atoms with Gasteiger partial charge in [0.15, 0.2) is 17.3 Å². The Morgan fingerprint density at radius 2 is 1.97 bits per heavy atom. The summed E-state index contributed by atoms with van der Waals surface area (Å²) in [7, 11) is 0. The standard InChI is InChI=1S/C22H21Cl2FN4O3/c23-14-1-2-15(20(25)19(14)24)29-22-13-6-18(32-21-11-5-12(21)9-26-8-11)17(31-4-3-30)7-16(13)27-10-28-22/h1-2,6-7,10-12,21,26,30H,3-5,8-9H2,(H,27,28,29)/t11-,12+,21+. The number of nitrogens with one attached hydrogen (secondary N) is 2. The largest absolute Gasteiger partial charge is 0.487 e. The van der Waals surface area contributed by atoms with Crippen LogP contribution in [0.5, 0.6) is 11.5 Å². The zero-order chi connectivity index (χ0) is 22.2. The number of fused-ring (bicyclic) bond motifs is 3. The maximum absolute atomic E-state index is 14.6. The predicted octanol–water partition coefficient (Wildman–Crippen LogP) is 4.18. The Kier molecular flexibility index (Phi) is 5.94. The number of aliphatic hydroxyl groups excluding tert-OH is 1. The first-order valence-electron chi connectivity index (χ1n) is 10.4. The zero-order valence-electron chi connectivity index (χ0n) is 16.9. The van der Waals surface area contributed by atoms with Crippen LogP contribution in [0.4, 0.5) is 15.9 Å². The Hall–Kier alpha value is -2.39. The Bertz CT molecular complexity index is 1150. The van der Waals surface area contributed by atoms with Gasteiger partial charge in [0, 0.05) is 36.4 Å². The molecule has 2 aromatic carbocycles. The number of piperidine rings is 2. The van der Waals surface area contributed by atoms with Crippen LogP contribution in [0.3, 0.4) is 0 Å². The monoisotopic (exact) mass is 478 g/mol. The maximum atomic E-state index is 14.6. The summed E-state index contributed by atoms with van der Waals surface area (Å²) in [5, 5.41) is 16.2. The smallest absolute Gasteiger partial charge is 0.166 e. The molecule has 1 saturated carbocycles. The topological polar surface area (TPSA) is 88.5 Å². The van der Waals surface area contributed by atoms with Crippen molar-refractivity contribution in [2.75, 3.05) is 31.6 Å². The van der Waals surface area contributed by atoms with E-state index in [2.05, 4.69) is 20.6 Å². The van der Waals surface area contributed by atoms with Crippen LogP contribution in [0.2, 0.25) is 10.0 Å². The van der Waals surface area contributed by atoms with E-state index in [0.29, 0.717) is 40.1 Å². The third-order valence-electron chi connectivity index (χ3n) is 5.95. The second-order valence-electron chi connectivity index (χ2n) is 7.95. The van der Waals surface area contributed by atoms with Crippen molar-refractivity contribution >= 4 is 45.6 Å². The van der Waals surface area contributed by atoms with Crippen LogP contribution in [0.15, 0.2) is 30.6 Å². The molecule has 0 radical (unpaired) electrons. The molecule has 2 aliphatic rings. The SMILES string of the molecule is OCCOc1cc2ncnc(Nc3ccc(Cl)c(Cl)c3F)c2cc1O[C@@H]1[C@@H]2CNC[C@H]1C2. The molecular formula is C22H21Cl2FN4O3. The molecule has 1 saturated heterocycles. The number of aliphatic hydroxyl groups is 1. The molecule has 168 valence electrons. The first-order chi connectivity index (χ1) is 15.5. The van der Waals surface area contributed by atoms with E-state index >= 15 is 0 Å². The van der Waals surface area contributed by atoms with Crippen LogP contribution in [0.1, 0.15) is 6.42 Å².